The Bertz CT molecular complexity index is 1910. The molecule has 358 valence electrons. The van der Waals surface area contributed by atoms with Gasteiger partial charge in [0.15, 0.2) is 0 Å². The Kier molecular flexibility index (Phi) is 22.3. The predicted octanol–water partition coefficient (Wildman–Crippen LogP) is -4.11. The Balaban J connectivity index is 1.65. The minimum atomic E-state index is -1.70. The topological polar surface area (TPSA) is 381 Å². The molecule has 0 radical (unpaired) electrons. The number of anilines is 1. The zero-order valence-electron chi connectivity index (χ0n) is 36.3. The molecule has 1 aliphatic heterocycles. The first-order valence-corrected chi connectivity index (χ1v) is 20.9. The number of nitrogens with one attached hydrogen (secondary N) is 8. The van der Waals surface area contributed by atoms with E-state index in [0.717, 1.165) is 0 Å². The highest BCUT2D eigenvalue weighted by Crippen LogP contribution is 2.13. The molecule has 1 aromatic carbocycles. The number of morpholine rings is 1. The van der Waals surface area contributed by atoms with Gasteiger partial charge in [-0.15, -0.1) is 0 Å². The number of ether oxygens (including phenoxy) is 2. The fraction of sp³-hybridized carbons (Fsp3) is 0.550. The summed E-state index contributed by atoms with van der Waals surface area (Å²) in [6.07, 6.45) is 3.08. The monoisotopic (exact) mass is 916 g/mol. The Morgan fingerprint density at radius 1 is 0.769 bits per heavy atom. The van der Waals surface area contributed by atoms with E-state index in [1.54, 1.807) is 12.1 Å². The molecular formula is C40H60N12O13. The summed E-state index contributed by atoms with van der Waals surface area (Å²) in [4.78, 5) is 124. The van der Waals surface area contributed by atoms with Crippen molar-refractivity contribution in [3.8, 4) is 0 Å². The van der Waals surface area contributed by atoms with Gasteiger partial charge in [-0.25, -0.2) is 9.78 Å². The highest BCUT2D eigenvalue weighted by atomic mass is 16.5. The summed E-state index contributed by atoms with van der Waals surface area (Å²) < 4.78 is 10.2. The van der Waals surface area contributed by atoms with Gasteiger partial charge in [0.25, 0.3) is 0 Å². The van der Waals surface area contributed by atoms with Gasteiger partial charge in [-0.1, -0.05) is 12.1 Å². The van der Waals surface area contributed by atoms with Crippen LogP contribution >= 0.6 is 0 Å². The van der Waals surface area contributed by atoms with Crippen molar-refractivity contribution in [3.05, 3.63) is 48.0 Å². The van der Waals surface area contributed by atoms with E-state index in [0.29, 0.717) is 43.0 Å². The van der Waals surface area contributed by atoms with Gasteiger partial charge >= 0.3 is 12.0 Å². The second kappa shape index (κ2) is 27.5. The van der Waals surface area contributed by atoms with Gasteiger partial charge in [0.1, 0.15) is 42.9 Å². The Morgan fingerprint density at radius 3 is 1.89 bits per heavy atom. The lowest BCUT2D eigenvalue weighted by molar-refractivity contribution is -0.142. The van der Waals surface area contributed by atoms with E-state index in [-0.39, 0.29) is 51.9 Å². The second-order valence-corrected chi connectivity index (χ2v) is 15.0. The quantitative estimate of drug-likeness (QED) is 0.0315. The summed E-state index contributed by atoms with van der Waals surface area (Å²) in [6, 6.07) is -2.82. The van der Waals surface area contributed by atoms with Crippen LogP contribution in [0.25, 0.3) is 0 Å². The fourth-order valence-corrected chi connectivity index (χ4v) is 6.12. The van der Waals surface area contributed by atoms with Gasteiger partial charge in [0.2, 0.25) is 41.4 Å². The number of aliphatic hydroxyl groups excluding tert-OH is 2. The van der Waals surface area contributed by atoms with Crippen LogP contribution in [-0.2, 0) is 60.9 Å². The first-order chi connectivity index (χ1) is 31.0. The van der Waals surface area contributed by atoms with Gasteiger partial charge in [-0.2, -0.15) is 0 Å². The van der Waals surface area contributed by atoms with Crippen molar-refractivity contribution in [2.75, 3.05) is 51.4 Å². The fourth-order valence-electron chi connectivity index (χ4n) is 6.12. The number of nitrogens with zero attached hydrogens (tertiary/aromatic N) is 2. The van der Waals surface area contributed by atoms with Crippen LogP contribution in [0.5, 0.6) is 0 Å². The van der Waals surface area contributed by atoms with Crippen molar-refractivity contribution in [3.63, 3.8) is 0 Å². The Morgan fingerprint density at radius 2 is 1.34 bits per heavy atom. The second-order valence-electron chi connectivity index (χ2n) is 15.0. The number of benzene rings is 1. The minimum absolute atomic E-state index is 0.00139. The summed E-state index contributed by atoms with van der Waals surface area (Å²) in [5.41, 5.74) is 12.3. The molecule has 25 heteroatoms. The lowest BCUT2D eigenvalue weighted by Gasteiger charge is -2.29. The number of urea groups is 1. The van der Waals surface area contributed by atoms with Crippen LogP contribution in [0.4, 0.5) is 10.5 Å². The maximum Gasteiger partial charge on any atom is 0.318 e. The summed E-state index contributed by atoms with van der Waals surface area (Å²) >= 11 is 0. The third kappa shape index (κ3) is 18.5. The largest absolute Gasteiger partial charge is 0.461 e. The lowest BCUT2D eigenvalue weighted by atomic mass is 10.1. The number of primary amides is 1. The lowest BCUT2D eigenvalue weighted by Crippen LogP contribution is -2.61. The minimum Gasteiger partial charge on any atom is -0.461 e. The van der Waals surface area contributed by atoms with E-state index < -0.39 is 103 Å². The van der Waals surface area contributed by atoms with Crippen molar-refractivity contribution < 1.29 is 62.8 Å². The number of hydrogen-bond donors (Lipinski definition) is 12. The van der Waals surface area contributed by atoms with Crippen LogP contribution in [-0.4, -0.2) is 161 Å². The number of carbonyl (C=O) groups is 9. The Labute approximate surface area is 374 Å². The number of amides is 9. The van der Waals surface area contributed by atoms with E-state index in [2.05, 4.69) is 47.2 Å². The smallest absolute Gasteiger partial charge is 0.318 e. The molecule has 14 N–H and O–H groups in total. The van der Waals surface area contributed by atoms with Crippen molar-refractivity contribution in [1.29, 1.82) is 0 Å². The van der Waals surface area contributed by atoms with Crippen molar-refractivity contribution in [2.45, 2.75) is 95.2 Å². The molecular weight excluding hydrogens is 857 g/mol. The van der Waals surface area contributed by atoms with Crippen LogP contribution < -0.4 is 48.7 Å². The van der Waals surface area contributed by atoms with E-state index in [1.807, 2.05) is 0 Å². The normalized spacial score (nSPS) is 15.1. The number of hydrogen-bond acceptors (Lipinski definition) is 15. The van der Waals surface area contributed by atoms with Crippen molar-refractivity contribution in [2.24, 2.45) is 11.5 Å². The molecule has 65 heavy (non-hydrogen) atoms. The molecule has 1 aromatic heterocycles. The molecule has 0 saturated carbocycles. The SMILES string of the molecule is CC(=O)OCc1ccc(NC(=O)C(CCC(N)=O)NC(=O)[C@H](C)NC(=O)[C@H](CCCCN)NC(=O)[C@H](CO)NC(=O)[C@H](CO)NC(=O)[C@H](Cc2c[nH]cn2)NC(=O)N2CCOCC2)cc1. The van der Waals surface area contributed by atoms with Crippen molar-refractivity contribution >= 4 is 59.0 Å². The molecule has 1 unspecified atom stereocenters. The van der Waals surface area contributed by atoms with E-state index in [4.69, 9.17) is 20.9 Å². The summed E-state index contributed by atoms with van der Waals surface area (Å²) in [5.74, 6) is -6.59. The molecule has 1 saturated heterocycles. The number of aromatic nitrogens is 2. The van der Waals surface area contributed by atoms with Gasteiger partial charge < -0.3 is 78.3 Å². The van der Waals surface area contributed by atoms with Crippen LogP contribution in [0.15, 0.2) is 36.8 Å². The van der Waals surface area contributed by atoms with Crippen LogP contribution in [0.3, 0.4) is 0 Å². The average molecular weight is 917 g/mol. The van der Waals surface area contributed by atoms with Gasteiger partial charge in [0, 0.05) is 44.7 Å². The first-order valence-electron chi connectivity index (χ1n) is 20.9. The summed E-state index contributed by atoms with van der Waals surface area (Å²) in [5, 5.41) is 37.5. The number of H-pyrrole nitrogens is 1. The van der Waals surface area contributed by atoms with E-state index >= 15 is 0 Å². The third-order valence-corrected chi connectivity index (χ3v) is 9.82. The summed E-state index contributed by atoms with van der Waals surface area (Å²) in [6.45, 7) is 2.06. The predicted molar refractivity (Wildman–Crippen MR) is 228 cm³/mol. The van der Waals surface area contributed by atoms with Gasteiger partial charge in [-0.05, 0) is 56.8 Å². The zero-order valence-corrected chi connectivity index (χ0v) is 36.3. The molecule has 2 heterocycles. The Hall–Kier alpha value is -6.70. The first kappa shape index (κ1) is 52.6. The number of aromatic amines is 1. The molecule has 0 aliphatic carbocycles. The number of unbranched alkanes of at least 4 members (excludes halogenated alkanes) is 1. The number of imidazole rings is 1. The molecule has 6 atom stereocenters. The molecule has 9 amide bonds. The maximum absolute atomic E-state index is 13.6. The van der Waals surface area contributed by atoms with Crippen molar-refractivity contribution in [1.82, 2.24) is 46.8 Å². The molecule has 1 fully saturated rings. The molecule has 0 bridgehead atoms. The standard InChI is InChI=1S/C40H60N12O13/c1-23(34(57)47-29(10-11-33(42)56)36(59)46-26-8-6-25(7-9-26)21-65-24(2)55)45-35(58)28(5-3-4-12-41)48-38(61)31(19-53)50-39(62)32(20-54)49-37(60)30(17-27-18-43-22-44-27)51-40(63)52-13-15-64-16-14-52/h6-9,18,22-23,28-32,53-54H,3-5,10-17,19-21,41H2,1-2H3,(H2,42,56)(H,43,44)(H,45,58)(H,46,59)(H,47,57)(H,48,61)(H,49,60)(H,50,62)(H,51,63)/t23-,28-,29?,30-,31-,32-/m0/s1. The molecule has 3 rings (SSSR count). The molecule has 25 nitrogen and oxygen atoms in total. The number of esters is 1. The summed E-state index contributed by atoms with van der Waals surface area (Å²) in [7, 11) is 0. The van der Waals surface area contributed by atoms with Crippen LogP contribution in [0.1, 0.15) is 57.2 Å². The average Bonchev–Trinajstić information content (AvgIpc) is 3.81. The van der Waals surface area contributed by atoms with E-state index in [1.165, 1.54) is 43.4 Å². The third-order valence-electron chi connectivity index (χ3n) is 9.82. The highest BCUT2D eigenvalue weighted by molar-refractivity contribution is 5.99. The highest BCUT2D eigenvalue weighted by Gasteiger charge is 2.33. The zero-order chi connectivity index (χ0) is 47.9. The van der Waals surface area contributed by atoms with Gasteiger partial charge in [0.05, 0.1) is 38.4 Å². The number of rotatable bonds is 26. The number of carbonyl (C=O) groups excluding carboxylic acids is 9. The molecule has 2 aromatic rings. The van der Waals surface area contributed by atoms with Gasteiger partial charge in [-0.3, -0.25) is 38.4 Å². The number of nitrogens with two attached hydrogens (primary N) is 2. The van der Waals surface area contributed by atoms with Crippen LogP contribution in [0, 0.1) is 0 Å². The van der Waals surface area contributed by atoms with Crippen LogP contribution in [0.2, 0.25) is 0 Å². The van der Waals surface area contributed by atoms with E-state index in [9.17, 15) is 53.4 Å². The molecule has 1 aliphatic rings. The maximum atomic E-state index is 13.6. The number of aliphatic hydroxyl groups is 2. The molecule has 0 spiro atoms.